The van der Waals surface area contributed by atoms with E-state index in [1.165, 1.54) is 0 Å². The minimum absolute atomic E-state index is 0.00991. The van der Waals surface area contributed by atoms with Crippen molar-refractivity contribution < 1.29 is 14.1 Å². The molecule has 0 aliphatic rings. The van der Waals surface area contributed by atoms with Crippen LogP contribution in [-0.4, -0.2) is 59.0 Å². The standard InChI is InChI=1S/C23H34N4O3/c1-5-26(6-2)14-10-11-18(3)27(23(29)16-20-12-8-7-9-13-20)17-22(28)24-21-15-19(4)30-25-21/h7-9,12-13,15,18H,5-6,10-11,14,16-17H2,1-4H3,(H,24,25,28)/t18-/m0/s1. The number of hydrogen-bond acceptors (Lipinski definition) is 5. The number of aryl methyl sites for hydroxylation is 1. The van der Waals surface area contributed by atoms with Crippen molar-refractivity contribution in [3.05, 3.63) is 47.7 Å². The van der Waals surface area contributed by atoms with Gasteiger partial charge in [0.05, 0.1) is 6.42 Å². The first-order valence-electron chi connectivity index (χ1n) is 10.7. The van der Waals surface area contributed by atoms with Crippen molar-refractivity contribution in [1.29, 1.82) is 0 Å². The zero-order valence-electron chi connectivity index (χ0n) is 18.6. The second kappa shape index (κ2) is 12.1. The Morgan fingerprint density at radius 1 is 1.17 bits per heavy atom. The van der Waals surface area contributed by atoms with E-state index >= 15 is 0 Å². The molecular formula is C23H34N4O3. The Bertz CT molecular complexity index is 787. The molecule has 30 heavy (non-hydrogen) atoms. The maximum Gasteiger partial charge on any atom is 0.245 e. The fourth-order valence-corrected chi connectivity index (χ4v) is 3.43. The number of benzene rings is 1. The van der Waals surface area contributed by atoms with Crippen LogP contribution in [0.3, 0.4) is 0 Å². The lowest BCUT2D eigenvalue weighted by molar-refractivity contribution is -0.136. The highest BCUT2D eigenvalue weighted by atomic mass is 16.5. The lowest BCUT2D eigenvalue weighted by atomic mass is 10.1. The topological polar surface area (TPSA) is 78.7 Å². The van der Waals surface area contributed by atoms with Crippen molar-refractivity contribution >= 4 is 17.6 Å². The predicted octanol–water partition coefficient (Wildman–Crippen LogP) is 3.50. The number of amides is 2. The zero-order valence-corrected chi connectivity index (χ0v) is 18.6. The summed E-state index contributed by atoms with van der Waals surface area (Å²) in [6.45, 7) is 11.1. The van der Waals surface area contributed by atoms with Crippen LogP contribution < -0.4 is 5.32 Å². The fraction of sp³-hybridized carbons (Fsp3) is 0.522. The molecule has 2 rings (SSSR count). The smallest absolute Gasteiger partial charge is 0.245 e. The number of aromatic nitrogens is 1. The molecule has 7 nitrogen and oxygen atoms in total. The third-order valence-electron chi connectivity index (χ3n) is 5.25. The van der Waals surface area contributed by atoms with Crippen LogP contribution in [0.2, 0.25) is 0 Å². The molecule has 1 atom stereocenters. The van der Waals surface area contributed by atoms with Gasteiger partial charge in [-0.2, -0.15) is 0 Å². The van der Waals surface area contributed by atoms with Gasteiger partial charge in [0.25, 0.3) is 0 Å². The summed E-state index contributed by atoms with van der Waals surface area (Å²) in [7, 11) is 0. The van der Waals surface area contributed by atoms with Gasteiger partial charge in [0.15, 0.2) is 5.82 Å². The molecule has 2 aromatic rings. The third kappa shape index (κ3) is 7.63. The van der Waals surface area contributed by atoms with Crippen molar-refractivity contribution in [3.63, 3.8) is 0 Å². The highest BCUT2D eigenvalue weighted by molar-refractivity contribution is 5.94. The summed E-state index contributed by atoms with van der Waals surface area (Å²) >= 11 is 0. The molecule has 1 aromatic carbocycles. The molecule has 0 aliphatic carbocycles. The molecule has 0 saturated heterocycles. The SMILES string of the molecule is CCN(CC)CCC[C@H](C)N(CC(=O)Nc1cc(C)on1)C(=O)Cc1ccccc1. The van der Waals surface area contributed by atoms with E-state index in [1.54, 1.807) is 17.9 Å². The van der Waals surface area contributed by atoms with Gasteiger partial charge in [-0.25, -0.2) is 0 Å². The van der Waals surface area contributed by atoms with E-state index in [1.807, 2.05) is 37.3 Å². The average Bonchev–Trinajstić information content (AvgIpc) is 3.14. The summed E-state index contributed by atoms with van der Waals surface area (Å²) in [5.41, 5.74) is 0.940. The summed E-state index contributed by atoms with van der Waals surface area (Å²) in [6, 6.07) is 11.2. The highest BCUT2D eigenvalue weighted by Crippen LogP contribution is 2.13. The zero-order chi connectivity index (χ0) is 21.9. The van der Waals surface area contributed by atoms with E-state index < -0.39 is 0 Å². The van der Waals surface area contributed by atoms with Gasteiger partial charge in [-0.3, -0.25) is 9.59 Å². The lowest BCUT2D eigenvalue weighted by Gasteiger charge is -2.29. The Balaban J connectivity index is 2.02. The normalized spacial score (nSPS) is 12.0. The first-order valence-corrected chi connectivity index (χ1v) is 10.7. The van der Waals surface area contributed by atoms with Gasteiger partial charge in [-0.05, 0) is 51.9 Å². The van der Waals surface area contributed by atoms with E-state index in [9.17, 15) is 9.59 Å². The van der Waals surface area contributed by atoms with Gasteiger partial charge >= 0.3 is 0 Å². The van der Waals surface area contributed by atoms with E-state index in [4.69, 9.17) is 4.52 Å². The molecule has 1 aromatic heterocycles. The number of nitrogens with zero attached hydrogens (tertiary/aromatic N) is 3. The number of rotatable bonds is 12. The molecule has 1 heterocycles. The second-order valence-corrected chi connectivity index (χ2v) is 7.57. The van der Waals surface area contributed by atoms with Crippen molar-refractivity contribution in [1.82, 2.24) is 15.0 Å². The maximum absolute atomic E-state index is 13.1. The summed E-state index contributed by atoms with van der Waals surface area (Å²) in [5, 5.41) is 6.51. The summed E-state index contributed by atoms with van der Waals surface area (Å²) in [4.78, 5) is 29.7. The van der Waals surface area contributed by atoms with Crippen LogP contribution in [0.1, 0.15) is 44.9 Å². The molecule has 0 saturated carbocycles. The Morgan fingerprint density at radius 2 is 1.87 bits per heavy atom. The molecule has 0 bridgehead atoms. The number of carbonyl (C=O) groups excluding carboxylic acids is 2. The summed E-state index contributed by atoms with van der Waals surface area (Å²) in [6.07, 6.45) is 2.09. The maximum atomic E-state index is 13.1. The monoisotopic (exact) mass is 414 g/mol. The average molecular weight is 415 g/mol. The number of hydrogen-bond donors (Lipinski definition) is 1. The number of carbonyl (C=O) groups is 2. The molecule has 1 N–H and O–H groups in total. The molecule has 0 aliphatic heterocycles. The molecule has 7 heteroatoms. The Morgan fingerprint density at radius 3 is 2.47 bits per heavy atom. The van der Waals surface area contributed by atoms with Crippen LogP contribution in [0, 0.1) is 6.92 Å². The predicted molar refractivity (Wildman–Crippen MR) is 118 cm³/mol. The van der Waals surface area contributed by atoms with Gasteiger partial charge in [0, 0.05) is 12.1 Å². The molecule has 0 radical (unpaired) electrons. The van der Waals surface area contributed by atoms with Gasteiger partial charge in [-0.15, -0.1) is 0 Å². The minimum Gasteiger partial charge on any atom is -0.360 e. The van der Waals surface area contributed by atoms with Crippen LogP contribution in [0.5, 0.6) is 0 Å². The summed E-state index contributed by atoms with van der Waals surface area (Å²) < 4.78 is 4.99. The van der Waals surface area contributed by atoms with Gasteiger partial charge in [-0.1, -0.05) is 49.3 Å². The Kier molecular flexibility index (Phi) is 9.54. The van der Waals surface area contributed by atoms with Crippen LogP contribution in [0.4, 0.5) is 5.82 Å². The highest BCUT2D eigenvalue weighted by Gasteiger charge is 2.23. The minimum atomic E-state index is -0.277. The molecule has 0 fully saturated rings. The van der Waals surface area contributed by atoms with Crippen LogP contribution in [-0.2, 0) is 16.0 Å². The van der Waals surface area contributed by atoms with Crippen LogP contribution in [0.25, 0.3) is 0 Å². The quantitative estimate of drug-likeness (QED) is 0.575. The van der Waals surface area contributed by atoms with Crippen LogP contribution >= 0.6 is 0 Å². The van der Waals surface area contributed by atoms with Crippen molar-refractivity contribution in [3.8, 4) is 0 Å². The first-order chi connectivity index (χ1) is 14.4. The van der Waals surface area contributed by atoms with Crippen molar-refractivity contribution in [2.45, 2.75) is 53.0 Å². The van der Waals surface area contributed by atoms with Crippen molar-refractivity contribution in [2.24, 2.45) is 0 Å². The van der Waals surface area contributed by atoms with E-state index in [2.05, 4.69) is 29.2 Å². The van der Waals surface area contributed by atoms with Gasteiger partial charge in [0.2, 0.25) is 11.8 Å². The molecule has 164 valence electrons. The Labute approximate surface area is 179 Å². The van der Waals surface area contributed by atoms with Crippen LogP contribution in [0.15, 0.2) is 40.9 Å². The van der Waals surface area contributed by atoms with Gasteiger partial charge < -0.3 is 19.6 Å². The molecule has 0 unspecified atom stereocenters. The largest absolute Gasteiger partial charge is 0.360 e. The second-order valence-electron chi connectivity index (χ2n) is 7.57. The first kappa shape index (κ1) is 23.6. The third-order valence-corrected chi connectivity index (χ3v) is 5.25. The number of anilines is 1. The lowest BCUT2D eigenvalue weighted by Crippen LogP contribution is -2.44. The Hall–Kier alpha value is -2.67. The van der Waals surface area contributed by atoms with E-state index in [0.29, 0.717) is 11.6 Å². The number of nitrogens with one attached hydrogen (secondary N) is 1. The van der Waals surface area contributed by atoms with Gasteiger partial charge in [0.1, 0.15) is 12.3 Å². The summed E-state index contributed by atoms with van der Waals surface area (Å²) in [5.74, 6) is 0.651. The fourth-order valence-electron chi connectivity index (χ4n) is 3.43. The molecule has 0 spiro atoms. The molecule has 2 amide bonds. The van der Waals surface area contributed by atoms with E-state index in [0.717, 1.165) is 38.0 Å². The molecular weight excluding hydrogens is 380 g/mol. The van der Waals surface area contributed by atoms with Crippen molar-refractivity contribution in [2.75, 3.05) is 31.5 Å². The van der Waals surface area contributed by atoms with E-state index in [-0.39, 0.29) is 30.8 Å².